The van der Waals surface area contributed by atoms with Crippen molar-refractivity contribution in [1.82, 2.24) is 20.0 Å². The van der Waals surface area contributed by atoms with Gasteiger partial charge < -0.3 is 11.1 Å². The van der Waals surface area contributed by atoms with Crippen LogP contribution in [-0.4, -0.2) is 33.3 Å². The maximum Gasteiger partial charge on any atom is 0.257 e. The van der Waals surface area contributed by atoms with Gasteiger partial charge in [0.05, 0.1) is 17.2 Å². The number of rotatable bonds is 8. The van der Waals surface area contributed by atoms with Gasteiger partial charge in [-0.3, -0.25) is 4.79 Å². The first-order valence-corrected chi connectivity index (χ1v) is 12.5. The molecule has 2 heterocycles. The van der Waals surface area contributed by atoms with Gasteiger partial charge in [-0.25, -0.2) is 9.97 Å². The lowest BCUT2D eigenvalue weighted by Crippen LogP contribution is -2.25. The van der Waals surface area contributed by atoms with E-state index >= 15 is 0 Å². The molecule has 0 fully saturated rings. The predicted octanol–water partition coefficient (Wildman–Crippen LogP) is 5.53. The molecule has 2 aromatic heterocycles. The first kappa shape index (κ1) is 24.2. The predicted molar refractivity (Wildman–Crippen MR) is 150 cm³/mol. The van der Waals surface area contributed by atoms with Gasteiger partial charge >= 0.3 is 0 Å². The molecule has 7 nitrogen and oxygen atoms in total. The number of nitrogen functional groups attached to an aromatic ring is 1. The Labute approximate surface area is 216 Å². The molecule has 3 N–H and O–H groups in total. The van der Waals surface area contributed by atoms with E-state index in [9.17, 15) is 4.79 Å². The number of nitrogens with two attached hydrogens (primary N) is 1. The van der Waals surface area contributed by atoms with Crippen molar-refractivity contribution in [2.24, 2.45) is 5.10 Å². The Bertz CT molecular complexity index is 1570. The summed E-state index contributed by atoms with van der Waals surface area (Å²) < 4.78 is 1.50. The molecule has 0 atom stereocenters. The van der Waals surface area contributed by atoms with Crippen molar-refractivity contribution in [2.45, 2.75) is 32.6 Å². The van der Waals surface area contributed by atoms with Gasteiger partial charge in [-0.15, -0.1) is 0 Å². The topological polar surface area (TPSA) is 98.2 Å². The Morgan fingerprint density at radius 2 is 1.65 bits per heavy atom. The number of anilines is 1. The van der Waals surface area contributed by atoms with E-state index in [4.69, 9.17) is 15.7 Å². The van der Waals surface area contributed by atoms with E-state index < -0.39 is 0 Å². The fourth-order valence-corrected chi connectivity index (χ4v) is 4.31. The van der Waals surface area contributed by atoms with Gasteiger partial charge in [-0.1, -0.05) is 80.6 Å². The minimum atomic E-state index is -0.282. The van der Waals surface area contributed by atoms with Crippen LogP contribution < -0.4 is 11.1 Å². The van der Waals surface area contributed by atoms with E-state index in [-0.39, 0.29) is 11.7 Å². The van der Waals surface area contributed by atoms with Crippen LogP contribution >= 0.6 is 0 Å². The largest absolute Gasteiger partial charge is 0.383 e. The van der Waals surface area contributed by atoms with Crippen LogP contribution in [0.3, 0.4) is 0 Å². The number of para-hydroxylation sites is 2. The highest BCUT2D eigenvalue weighted by Gasteiger charge is 2.23. The Morgan fingerprint density at radius 3 is 2.35 bits per heavy atom. The number of nitrogens with one attached hydrogen (secondary N) is 1. The Morgan fingerprint density at radius 1 is 0.973 bits per heavy atom. The van der Waals surface area contributed by atoms with Crippen molar-refractivity contribution in [3.63, 3.8) is 0 Å². The molecule has 0 bridgehead atoms. The van der Waals surface area contributed by atoms with Gasteiger partial charge in [0.25, 0.3) is 5.91 Å². The van der Waals surface area contributed by atoms with Crippen molar-refractivity contribution in [1.29, 1.82) is 0 Å². The number of hydrogen-bond donors (Lipinski definition) is 2. The summed E-state index contributed by atoms with van der Waals surface area (Å²) in [6.07, 6.45) is 3.41. The minimum Gasteiger partial charge on any atom is -0.383 e. The molecule has 0 saturated carbocycles. The summed E-state index contributed by atoms with van der Waals surface area (Å²) in [5.41, 5.74) is 12.5. The number of carbonyl (C=O) groups is 1. The SMILES string of the molecule is CC(C)c1ccc(C=Nn2c(N)c(C(=O)NCCCc3ccccc3)c3nc4ccccc4nc32)cc1. The maximum absolute atomic E-state index is 13.3. The standard InChI is InChI=1S/C30H30N6O/c1-20(2)23-16-14-22(15-17-23)19-33-36-28(31)26(27-29(36)35-25-13-7-6-12-24(25)34-27)30(37)32-18-8-11-21-9-4-3-5-10-21/h3-7,9-10,12-17,19-20H,8,11,18,31H2,1-2H3,(H,32,37). The Kier molecular flexibility index (Phi) is 6.94. The minimum absolute atomic E-state index is 0.209. The molecule has 0 radical (unpaired) electrons. The second-order valence-corrected chi connectivity index (χ2v) is 9.37. The number of carbonyl (C=O) groups excluding carboxylic acids is 1. The highest BCUT2D eigenvalue weighted by Crippen LogP contribution is 2.28. The van der Waals surface area contributed by atoms with Crippen LogP contribution in [0.4, 0.5) is 5.82 Å². The van der Waals surface area contributed by atoms with Crippen molar-refractivity contribution < 1.29 is 4.79 Å². The fraction of sp³-hybridized carbons (Fsp3) is 0.200. The highest BCUT2D eigenvalue weighted by atomic mass is 16.1. The molecule has 0 aliphatic carbocycles. The average Bonchev–Trinajstić information content (AvgIpc) is 3.19. The first-order valence-electron chi connectivity index (χ1n) is 12.5. The third kappa shape index (κ3) is 5.21. The molecule has 7 heteroatoms. The lowest BCUT2D eigenvalue weighted by Gasteiger charge is -2.06. The third-order valence-electron chi connectivity index (χ3n) is 6.40. The van der Waals surface area contributed by atoms with E-state index in [0.29, 0.717) is 40.2 Å². The molecule has 0 unspecified atom stereocenters. The summed E-state index contributed by atoms with van der Waals surface area (Å²) >= 11 is 0. The average molecular weight is 491 g/mol. The van der Waals surface area contributed by atoms with Crippen molar-refractivity contribution in [3.8, 4) is 0 Å². The Hall–Kier alpha value is -4.52. The van der Waals surface area contributed by atoms with Crippen LogP contribution in [0.2, 0.25) is 0 Å². The van der Waals surface area contributed by atoms with E-state index in [1.54, 1.807) is 6.21 Å². The van der Waals surface area contributed by atoms with Crippen LogP contribution in [-0.2, 0) is 6.42 Å². The molecular formula is C30H30N6O. The van der Waals surface area contributed by atoms with Gasteiger partial charge in [-0.05, 0) is 47.6 Å². The molecule has 0 saturated heterocycles. The molecule has 3 aromatic carbocycles. The summed E-state index contributed by atoms with van der Waals surface area (Å²) in [7, 11) is 0. The number of fused-ring (bicyclic) bond motifs is 2. The zero-order valence-corrected chi connectivity index (χ0v) is 21.1. The quantitative estimate of drug-likeness (QED) is 0.221. The first-order chi connectivity index (χ1) is 18.0. The monoisotopic (exact) mass is 490 g/mol. The number of amides is 1. The fourth-order valence-electron chi connectivity index (χ4n) is 4.31. The van der Waals surface area contributed by atoms with E-state index in [2.05, 4.69) is 48.5 Å². The third-order valence-corrected chi connectivity index (χ3v) is 6.40. The summed E-state index contributed by atoms with van der Waals surface area (Å²) in [6.45, 7) is 4.84. The number of benzene rings is 3. The lowest BCUT2D eigenvalue weighted by atomic mass is 10.0. The van der Waals surface area contributed by atoms with Crippen LogP contribution in [0.25, 0.3) is 22.2 Å². The van der Waals surface area contributed by atoms with Crippen molar-refractivity contribution in [2.75, 3.05) is 12.3 Å². The van der Waals surface area contributed by atoms with E-state index in [1.807, 2.05) is 54.6 Å². The van der Waals surface area contributed by atoms with Gasteiger partial charge in [-0.2, -0.15) is 9.78 Å². The second kappa shape index (κ2) is 10.6. The molecule has 186 valence electrons. The molecule has 5 aromatic rings. The smallest absolute Gasteiger partial charge is 0.257 e. The Balaban J connectivity index is 1.46. The molecule has 0 aliphatic heterocycles. The van der Waals surface area contributed by atoms with Gasteiger partial charge in [0.2, 0.25) is 0 Å². The second-order valence-electron chi connectivity index (χ2n) is 9.37. The molecule has 5 rings (SSSR count). The molecule has 37 heavy (non-hydrogen) atoms. The molecule has 1 amide bonds. The van der Waals surface area contributed by atoms with Crippen LogP contribution in [0, 0.1) is 0 Å². The number of nitrogens with zero attached hydrogens (tertiary/aromatic N) is 4. The zero-order chi connectivity index (χ0) is 25.8. The van der Waals surface area contributed by atoms with Gasteiger partial charge in [0.15, 0.2) is 5.65 Å². The number of hydrogen-bond acceptors (Lipinski definition) is 5. The van der Waals surface area contributed by atoms with Gasteiger partial charge in [0, 0.05) is 6.54 Å². The van der Waals surface area contributed by atoms with Crippen LogP contribution in [0.5, 0.6) is 0 Å². The van der Waals surface area contributed by atoms with Crippen molar-refractivity contribution >= 4 is 40.1 Å². The van der Waals surface area contributed by atoms with E-state index in [0.717, 1.165) is 18.4 Å². The summed E-state index contributed by atoms with van der Waals surface area (Å²) in [5, 5.41) is 7.61. The summed E-state index contributed by atoms with van der Waals surface area (Å²) in [4.78, 5) is 22.8. The lowest BCUT2D eigenvalue weighted by molar-refractivity contribution is 0.0955. The number of aromatic nitrogens is 3. The summed E-state index contributed by atoms with van der Waals surface area (Å²) in [5.74, 6) is 0.378. The van der Waals surface area contributed by atoms with E-state index in [1.165, 1.54) is 15.8 Å². The summed E-state index contributed by atoms with van der Waals surface area (Å²) in [6, 6.07) is 26.0. The van der Waals surface area contributed by atoms with Crippen LogP contribution in [0.15, 0.2) is 84.0 Å². The highest BCUT2D eigenvalue weighted by molar-refractivity contribution is 6.10. The van der Waals surface area contributed by atoms with Crippen LogP contribution in [0.1, 0.15) is 53.2 Å². The number of aryl methyl sites for hydroxylation is 1. The van der Waals surface area contributed by atoms with Crippen molar-refractivity contribution in [3.05, 3.63) is 101 Å². The molecular weight excluding hydrogens is 460 g/mol. The molecule has 0 spiro atoms. The zero-order valence-electron chi connectivity index (χ0n) is 21.1. The normalized spacial score (nSPS) is 11.6. The molecule has 0 aliphatic rings. The van der Waals surface area contributed by atoms with Gasteiger partial charge in [0.1, 0.15) is 16.9 Å². The maximum atomic E-state index is 13.3.